The van der Waals surface area contributed by atoms with Crippen molar-refractivity contribution in [2.24, 2.45) is 5.92 Å². The van der Waals surface area contributed by atoms with Crippen LogP contribution in [-0.2, 0) is 0 Å². The number of para-hydroxylation sites is 1. The van der Waals surface area contributed by atoms with Gasteiger partial charge in [0.25, 0.3) is 0 Å². The standard InChI is InChI=1S/C14H17N3O3/c1-10-4-3-5-12(17(18)19)13(10)20-9-14(8-15,16-2)11-6-7-11/h3-5,11,16H,6-7,9H2,1-2H3. The highest BCUT2D eigenvalue weighted by molar-refractivity contribution is 5.51. The second-order valence-corrected chi connectivity index (χ2v) is 5.08. The summed E-state index contributed by atoms with van der Waals surface area (Å²) in [7, 11) is 1.72. The molecule has 0 heterocycles. The molecule has 0 aromatic heterocycles. The van der Waals surface area contributed by atoms with Crippen molar-refractivity contribution in [1.29, 1.82) is 5.26 Å². The molecule has 0 radical (unpaired) electrons. The smallest absolute Gasteiger partial charge is 0.311 e. The van der Waals surface area contributed by atoms with Crippen LogP contribution in [0.25, 0.3) is 0 Å². The first-order valence-corrected chi connectivity index (χ1v) is 6.51. The number of nitrogens with one attached hydrogen (secondary N) is 1. The van der Waals surface area contributed by atoms with E-state index < -0.39 is 10.5 Å². The SMILES string of the molecule is CNC(C#N)(COc1c(C)cccc1[N+](=O)[O-])C1CC1. The van der Waals surface area contributed by atoms with Gasteiger partial charge in [-0.1, -0.05) is 12.1 Å². The molecule has 1 aromatic rings. The van der Waals surface area contributed by atoms with Crippen molar-refractivity contribution >= 4 is 5.69 Å². The minimum atomic E-state index is -0.768. The van der Waals surface area contributed by atoms with Gasteiger partial charge < -0.3 is 4.74 Å². The molecule has 6 heteroatoms. The molecule has 2 rings (SSSR count). The highest BCUT2D eigenvalue weighted by atomic mass is 16.6. The average Bonchev–Trinajstić information content (AvgIpc) is 3.26. The summed E-state index contributed by atoms with van der Waals surface area (Å²) in [5.41, 5.74) is -0.141. The topological polar surface area (TPSA) is 88.2 Å². The molecule has 106 valence electrons. The lowest BCUT2D eigenvalue weighted by atomic mass is 9.96. The number of nitro groups is 1. The quantitative estimate of drug-likeness (QED) is 0.635. The van der Waals surface area contributed by atoms with E-state index in [9.17, 15) is 15.4 Å². The van der Waals surface area contributed by atoms with Crippen molar-refractivity contribution in [2.75, 3.05) is 13.7 Å². The van der Waals surface area contributed by atoms with Gasteiger partial charge in [-0.05, 0) is 38.3 Å². The van der Waals surface area contributed by atoms with Crippen molar-refractivity contribution in [3.05, 3.63) is 33.9 Å². The number of hydrogen-bond acceptors (Lipinski definition) is 5. The lowest BCUT2D eigenvalue weighted by Gasteiger charge is -2.26. The lowest BCUT2D eigenvalue weighted by molar-refractivity contribution is -0.386. The van der Waals surface area contributed by atoms with E-state index >= 15 is 0 Å². The number of ether oxygens (including phenoxy) is 1. The largest absolute Gasteiger partial charge is 0.484 e. The van der Waals surface area contributed by atoms with Gasteiger partial charge in [-0.3, -0.25) is 15.4 Å². The summed E-state index contributed by atoms with van der Waals surface area (Å²) in [6.07, 6.45) is 1.96. The van der Waals surface area contributed by atoms with Gasteiger partial charge in [-0.2, -0.15) is 5.26 Å². The number of aryl methyl sites for hydroxylation is 1. The van der Waals surface area contributed by atoms with Gasteiger partial charge in [0.2, 0.25) is 0 Å². The Morgan fingerprint density at radius 3 is 2.80 bits per heavy atom. The first-order valence-electron chi connectivity index (χ1n) is 6.51. The molecule has 20 heavy (non-hydrogen) atoms. The molecule has 0 aliphatic heterocycles. The molecule has 1 aromatic carbocycles. The van der Waals surface area contributed by atoms with E-state index in [4.69, 9.17) is 4.74 Å². The molecule has 1 aliphatic carbocycles. The first-order chi connectivity index (χ1) is 9.54. The summed E-state index contributed by atoms with van der Waals surface area (Å²) in [6, 6.07) is 7.05. The molecular weight excluding hydrogens is 258 g/mol. The number of hydrogen-bond donors (Lipinski definition) is 1. The normalized spacial score (nSPS) is 17.1. The molecule has 1 fully saturated rings. The third-order valence-electron chi connectivity index (χ3n) is 3.75. The van der Waals surface area contributed by atoms with Crippen LogP contribution < -0.4 is 10.1 Å². The third-order valence-corrected chi connectivity index (χ3v) is 3.75. The molecule has 6 nitrogen and oxygen atoms in total. The van der Waals surface area contributed by atoms with Crippen LogP contribution in [0.15, 0.2) is 18.2 Å². The van der Waals surface area contributed by atoms with Crippen molar-refractivity contribution < 1.29 is 9.66 Å². The predicted molar refractivity (Wildman–Crippen MR) is 73.5 cm³/mol. The van der Waals surface area contributed by atoms with Gasteiger partial charge in [0.05, 0.1) is 11.0 Å². The van der Waals surface area contributed by atoms with Gasteiger partial charge in [-0.25, -0.2) is 0 Å². The zero-order valence-electron chi connectivity index (χ0n) is 11.5. The number of likely N-dealkylation sites (N-methyl/N-ethyl adjacent to an activating group) is 1. The van der Waals surface area contributed by atoms with E-state index in [1.54, 1.807) is 26.1 Å². The molecule has 1 unspecified atom stereocenters. The van der Waals surface area contributed by atoms with E-state index in [0.717, 1.165) is 12.8 Å². The Kier molecular flexibility index (Phi) is 3.91. The van der Waals surface area contributed by atoms with E-state index in [1.807, 2.05) is 0 Å². The van der Waals surface area contributed by atoms with Gasteiger partial charge in [0, 0.05) is 6.07 Å². The number of nitrogens with zero attached hydrogens (tertiary/aromatic N) is 2. The van der Waals surface area contributed by atoms with E-state index in [0.29, 0.717) is 5.56 Å². The second-order valence-electron chi connectivity index (χ2n) is 5.08. The van der Waals surface area contributed by atoms with Crippen molar-refractivity contribution in [3.63, 3.8) is 0 Å². The van der Waals surface area contributed by atoms with Crippen LogP contribution in [0.3, 0.4) is 0 Å². The maximum atomic E-state index is 11.0. The van der Waals surface area contributed by atoms with Crippen molar-refractivity contribution in [3.8, 4) is 11.8 Å². The number of nitriles is 1. The summed E-state index contributed by atoms with van der Waals surface area (Å²) in [5.74, 6) is 0.494. The lowest BCUT2D eigenvalue weighted by Crippen LogP contribution is -2.49. The molecule has 1 N–H and O–H groups in total. The summed E-state index contributed by atoms with van der Waals surface area (Å²) < 4.78 is 5.65. The van der Waals surface area contributed by atoms with Crippen LogP contribution >= 0.6 is 0 Å². The monoisotopic (exact) mass is 275 g/mol. The third kappa shape index (κ3) is 2.58. The fourth-order valence-corrected chi connectivity index (χ4v) is 2.30. The zero-order chi connectivity index (χ0) is 14.8. The van der Waals surface area contributed by atoms with E-state index in [2.05, 4.69) is 11.4 Å². The maximum Gasteiger partial charge on any atom is 0.311 e. The van der Waals surface area contributed by atoms with Gasteiger partial charge >= 0.3 is 5.69 Å². The summed E-state index contributed by atoms with van der Waals surface area (Å²) in [6.45, 7) is 1.86. The summed E-state index contributed by atoms with van der Waals surface area (Å²) in [4.78, 5) is 10.6. The fourth-order valence-electron chi connectivity index (χ4n) is 2.30. The molecular formula is C14H17N3O3. The van der Waals surface area contributed by atoms with E-state index in [-0.39, 0.29) is 24.0 Å². The summed E-state index contributed by atoms with van der Waals surface area (Å²) >= 11 is 0. The average molecular weight is 275 g/mol. The summed E-state index contributed by atoms with van der Waals surface area (Å²) in [5, 5.41) is 23.4. The van der Waals surface area contributed by atoms with E-state index in [1.165, 1.54) is 6.07 Å². The van der Waals surface area contributed by atoms with Crippen LogP contribution in [0.5, 0.6) is 5.75 Å². The van der Waals surface area contributed by atoms with Crippen LogP contribution in [0.2, 0.25) is 0 Å². The first kappa shape index (κ1) is 14.3. The molecule has 1 saturated carbocycles. The predicted octanol–water partition coefficient (Wildman–Crippen LogP) is 2.17. The Morgan fingerprint density at radius 2 is 2.30 bits per heavy atom. The highest BCUT2D eigenvalue weighted by Gasteiger charge is 2.45. The van der Waals surface area contributed by atoms with Gasteiger partial charge in [0.15, 0.2) is 5.75 Å². The molecule has 0 spiro atoms. The minimum Gasteiger partial charge on any atom is -0.484 e. The van der Waals surface area contributed by atoms with Crippen LogP contribution in [0.4, 0.5) is 5.69 Å². The molecule has 0 bridgehead atoms. The van der Waals surface area contributed by atoms with Crippen LogP contribution in [-0.4, -0.2) is 24.1 Å². The Labute approximate surface area is 117 Å². The Bertz CT molecular complexity index is 563. The zero-order valence-corrected chi connectivity index (χ0v) is 11.5. The van der Waals surface area contributed by atoms with Crippen LogP contribution in [0, 0.1) is 34.3 Å². The Balaban J connectivity index is 2.22. The molecule has 0 amide bonds. The maximum absolute atomic E-state index is 11.0. The van der Waals surface area contributed by atoms with Gasteiger partial charge in [-0.15, -0.1) is 0 Å². The minimum absolute atomic E-state index is 0.0660. The molecule has 0 saturated heterocycles. The number of benzene rings is 1. The van der Waals surface area contributed by atoms with Gasteiger partial charge in [0.1, 0.15) is 12.1 Å². The number of nitro benzene ring substituents is 1. The molecule has 1 aliphatic rings. The van der Waals surface area contributed by atoms with Crippen molar-refractivity contribution in [1.82, 2.24) is 5.32 Å². The fraction of sp³-hybridized carbons (Fsp3) is 0.500. The van der Waals surface area contributed by atoms with Crippen LogP contribution in [0.1, 0.15) is 18.4 Å². The number of rotatable bonds is 6. The highest BCUT2D eigenvalue weighted by Crippen LogP contribution is 2.40. The van der Waals surface area contributed by atoms with Crippen molar-refractivity contribution in [2.45, 2.75) is 25.3 Å². The Morgan fingerprint density at radius 1 is 1.60 bits per heavy atom. The molecule has 1 atom stereocenters. The second kappa shape index (κ2) is 5.47. The Hall–Kier alpha value is -2.13.